The summed E-state index contributed by atoms with van der Waals surface area (Å²) in [5.41, 5.74) is 4.54. The van der Waals surface area contributed by atoms with Gasteiger partial charge < -0.3 is 4.74 Å². The molecule has 0 aliphatic carbocycles. The van der Waals surface area contributed by atoms with Crippen LogP contribution < -0.4 is 0 Å². The number of esters is 1. The van der Waals surface area contributed by atoms with E-state index in [0.717, 1.165) is 5.56 Å². The van der Waals surface area contributed by atoms with Gasteiger partial charge in [0.2, 0.25) is 5.82 Å². The SMILES string of the molecule is CCOC(=O)c1nc(C(C)(C)C)nn1Cc1c(C)cc(C)cc1C. The van der Waals surface area contributed by atoms with Gasteiger partial charge >= 0.3 is 5.97 Å². The normalized spacial score (nSPS) is 11.6. The third-order valence-corrected chi connectivity index (χ3v) is 3.95. The summed E-state index contributed by atoms with van der Waals surface area (Å²) in [7, 11) is 0. The second kappa shape index (κ2) is 6.75. The number of aromatic nitrogens is 3. The average Bonchev–Trinajstić information content (AvgIpc) is 2.87. The van der Waals surface area contributed by atoms with Crippen molar-refractivity contribution < 1.29 is 9.53 Å². The monoisotopic (exact) mass is 329 g/mol. The minimum Gasteiger partial charge on any atom is -0.460 e. The topological polar surface area (TPSA) is 57.0 Å². The first-order chi connectivity index (χ1) is 11.1. The Morgan fingerprint density at radius 1 is 1.17 bits per heavy atom. The van der Waals surface area contributed by atoms with Crippen LogP contribution in [0.4, 0.5) is 0 Å². The van der Waals surface area contributed by atoms with Gasteiger partial charge in [-0.15, -0.1) is 0 Å². The van der Waals surface area contributed by atoms with Gasteiger partial charge in [0.25, 0.3) is 0 Å². The third kappa shape index (κ3) is 3.83. The molecule has 0 aliphatic rings. The van der Waals surface area contributed by atoms with Crippen LogP contribution in [-0.4, -0.2) is 27.3 Å². The number of ether oxygens (including phenoxy) is 1. The molecular formula is C19H27N3O2. The van der Waals surface area contributed by atoms with Crippen molar-refractivity contribution in [2.45, 2.75) is 60.4 Å². The van der Waals surface area contributed by atoms with Crippen LogP contribution in [-0.2, 0) is 16.7 Å². The van der Waals surface area contributed by atoms with E-state index in [1.54, 1.807) is 11.6 Å². The largest absolute Gasteiger partial charge is 0.460 e. The summed E-state index contributed by atoms with van der Waals surface area (Å²) in [4.78, 5) is 16.7. The number of aryl methyl sites for hydroxylation is 3. The van der Waals surface area contributed by atoms with Gasteiger partial charge in [0.1, 0.15) is 0 Å². The molecule has 0 atom stereocenters. The van der Waals surface area contributed by atoms with Gasteiger partial charge in [0.05, 0.1) is 13.2 Å². The van der Waals surface area contributed by atoms with Gasteiger partial charge in [-0.2, -0.15) is 5.10 Å². The minimum atomic E-state index is -0.428. The smallest absolute Gasteiger partial charge is 0.376 e. The Hall–Kier alpha value is -2.17. The highest BCUT2D eigenvalue weighted by atomic mass is 16.5. The van der Waals surface area contributed by atoms with Gasteiger partial charge in [-0.3, -0.25) is 0 Å². The van der Waals surface area contributed by atoms with Gasteiger partial charge in [0.15, 0.2) is 5.82 Å². The van der Waals surface area contributed by atoms with E-state index < -0.39 is 5.97 Å². The van der Waals surface area contributed by atoms with Crippen molar-refractivity contribution in [2.24, 2.45) is 0 Å². The van der Waals surface area contributed by atoms with Crippen molar-refractivity contribution in [3.8, 4) is 0 Å². The van der Waals surface area contributed by atoms with E-state index in [1.165, 1.54) is 16.7 Å². The highest BCUT2D eigenvalue weighted by molar-refractivity contribution is 5.85. The van der Waals surface area contributed by atoms with E-state index >= 15 is 0 Å². The number of benzene rings is 1. The predicted octanol–water partition coefficient (Wildman–Crippen LogP) is 3.73. The quantitative estimate of drug-likeness (QED) is 0.802. The van der Waals surface area contributed by atoms with E-state index in [2.05, 4.69) is 43.0 Å². The maximum absolute atomic E-state index is 12.3. The van der Waals surface area contributed by atoms with Crippen LogP contribution in [0.5, 0.6) is 0 Å². The molecule has 0 unspecified atom stereocenters. The number of hydrogen-bond acceptors (Lipinski definition) is 4. The predicted molar refractivity (Wildman–Crippen MR) is 94.4 cm³/mol. The Labute approximate surface area is 144 Å². The summed E-state index contributed by atoms with van der Waals surface area (Å²) < 4.78 is 6.82. The first-order valence-corrected chi connectivity index (χ1v) is 8.32. The molecule has 1 heterocycles. The van der Waals surface area contributed by atoms with E-state index in [0.29, 0.717) is 19.0 Å². The first kappa shape index (κ1) is 18.2. The van der Waals surface area contributed by atoms with Crippen molar-refractivity contribution in [3.05, 3.63) is 46.0 Å². The number of rotatable bonds is 4. The molecule has 0 saturated carbocycles. The molecule has 0 radical (unpaired) electrons. The Balaban J connectivity index is 2.49. The molecule has 0 aliphatic heterocycles. The lowest BCUT2D eigenvalue weighted by Crippen LogP contribution is -2.16. The Bertz CT molecular complexity index is 731. The Kier molecular flexibility index (Phi) is 5.11. The fourth-order valence-corrected chi connectivity index (χ4v) is 2.73. The van der Waals surface area contributed by atoms with Crippen LogP contribution in [0.25, 0.3) is 0 Å². The fourth-order valence-electron chi connectivity index (χ4n) is 2.73. The molecule has 2 rings (SSSR count). The van der Waals surface area contributed by atoms with Crippen molar-refractivity contribution in [1.82, 2.24) is 14.8 Å². The van der Waals surface area contributed by atoms with E-state index in [4.69, 9.17) is 4.74 Å². The van der Waals surface area contributed by atoms with Crippen LogP contribution in [0.2, 0.25) is 0 Å². The highest BCUT2D eigenvalue weighted by Crippen LogP contribution is 2.22. The van der Waals surface area contributed by atoms with Crippen LogP contribution in [0.1, 0.15) is 66.4 Å². The van der Waals surface area contributed by atoms with Gasteiger partial charge in [-0.25, -0.2) is 14.5 Å². The molecule has 5 nitrogen and oxygen atoms in total. The molecule has 0 fully saturated rings. The zero-order valence-corrected chi connectivity index (χ0v) is 15.7. The third-order valence-electron chi connectivity index (χ3n) is 3.95. The van der Waals surface area contributed by atoms with E-state index in [9.17, 15) is 4.79 Å². The first-order valence-electron chi connectivity index (χ1n) is 8.32. The van der Waals surface area contributed by atoms with Crippen molar-refractivity contribution in [3.63, 3.8) is 0 Å². The summed E-state index contributed by atoms with van der Waals surface area (Å²) in [5, 5.41) is 4.59. The summed E-state index contributed by atoms with van der Waals surface area (Å²) >= 11 is 0. The molecule has 5 heteroatoms. The van der Waals surface area contributed by atoms with Crippen LogP contribution in [0.15, 0.2) is 12.1 Å². The lowest BCUT2D eigenvalue weighted by atomic mass is 9.96. The molecule has 2 aromatic rings. The van der Waals surface area contributed by atoms with Crippen LogP contribution in [0, 0.1) is 20.8 Å². The standard InChI is InChI=1S/C19H27N3O2/c1-8-24-17(23)16-20-18(19(5,6)7)21-22(16)11-15-13(3)9-12(2)10-14(15)4/h9-10H,8,11H2,1-7H3. The molecule has 130 valence electrons. The number of carbonyl (C=O) groups excluding carboxylic acids is 1. The molecule has 0 N–H and O–H groups in total. The molecule has 0 spiro atoms. The lowest BCUT2D eigenvalue weighted by molar-refractivity contribution is 0.0505. The van der Waals surface area contributed by atoms with Crippen LogP contribution >= 0.6 is 0 Å². The minimum absolute atomic E-state index is 0.232. The molecular weight excluding hydrogens is 302 g/mol. The Morgan fingerprint density at radius 3 is 2.25 bits per heavy atom. The summed E-state index contributed by atoms with van der Waals surface area (Å²) in [6.07, 6.45) is 0. The van der Waals surface area contributed by atoms with E-state index in [-0.39, 0.29) is 11.2 Å². The summed E-state index contributed by atoms with van der Waals surface area (Å²) in [5.74, 6) is 0.483. The summed E-state index contributed by atoms with van der Waals surface area (Å²) in [6, 6.07) is 4.29. The fraction of sp³-hybridized carbons (Fsp3) is 0.526. The maximum Gasteiger partial charge on any atom is 0.376 e. The van der Waals surface area contributed by atoms with Gasteiger partial charge in [-0.05, 0) is 44.4 Å². The second-order valence-corrected chi connectivity index (χ2v) is 7.26. The van der Waals surface area contributed by atoms with Crippen molar-refractivity contribution in [1.29, 1.82) is 0 Å². The van der Waals surface area contributed by atoms with Crippen molar-refractivity contribution >= 4 is 5.97 Å². The highest BCUT2D eigenvalue weighted by Gasteiger charge is 2.26. The zero-order chi connectivity index (χ0) is 18.1. The number of hydrogen-bond donors (Lipinski definition) is 0. The van der Waals surface area contributed by atoms with E-state index in [1.807, 2.05) is 20.8 Å². The maximum atomic E-state index is 12.3. The van der Waals surface area contributed by atoms with Crippen molar-refractivity contribution in [2.75, 3.05) is 6.61 Å². The molecule has 24 heavy (non-hydrogen) atoms. The van der Waals surface area contributed by atoms with Crippen LogP contribution in [0.3, 0.4) is 0 Å². The molecule has 1 aromatic heterocycles. The Morgan fingerprint density at radius 2 is 1.75 bits per heavy atom. The summed E-state index contributed by atoms with van der Waals surface area (Å²) in [6.45, 7) is 15.0. The average molecular weight is 329 g/mol. The van der Waals surface area contributed by atoms with Gasteiger partial charge in [0, 0.05) is 5.41 Å². The molecule has 0 saturated heterocycles. The van der Waals surface area contributed by atoms with Gasteiger partial charge in [-0.1, -0.05) is 38.5 Å². The molecule has 1 aromatic carbocycles. The zero-order valence-electron chi connectivity index (χ0n) is 15.7. The molecule has 0 bridgehead atoms. The lowest BCUT2D eigenvalue weighted by Gasteiger charge is -2.13. The number of nitrogens with zero attached hydrogens (tertiary/aromatic N) is 3. The second-order valence-electron chi connectivity index (χ2n) is 7.26. The molecule has 0 amide bonds. The number of carbonyl (C=O) groups is 1.